The molecule has 0 radical (unpaired) electrons. The van der Waals surface area contributed by atoms with E-state index >= 15 is 0 Å². The average molecular weight is 505 g/mol. The molecule has 1 aliphatic carbocycles. The molecule has 1 atom stereocenters. The molecule has 0 aliphatic heterocycles. The highest BCUT2D eigenvalue weighted by Gasteiger charge is 2.32. The minimum absolute atomic E-state index is 0.0837. The van der Waals surface area contributed by atoms with Crippen LogP contribution in [0.5, 0.6) is 0 Å². The van der Waals surface area contributed by atoms with Crippen LogP contribution in [0.3, 0.4) is 0 Å². The van der Waals surface area contributed by atoms with Gasteiger partial charge in [0.2, 0.25) is 0 Å². The van der Waals surface area contributed by atoms with Crippen LogP contribution in [0.15, 0.2) is 89.6 Å². The summed E-state index contributed by atoms with van der Waals surface area (Å²) in [5, 5.41) is 12.9. The van der Waals surface area contributed by atoms with Crippen molar-refractivity contribution >= 4 is 5.97 Å². The Morgan fingerprint density at radius 1 is 0.947 bits per heavy atom. The number of carbonyl (C=O) groups is 1. The molecule has 2 heterocycles. The SMILES string of the molecule is Cc1noc(-c2ccc(-c3ccc(C(C)OC(=O)C4CC4)cc3)cc2)c1Cn1cc(-c2ccccc2)nn1. The van der Waals surface area contributed by atoms with E-state index in [4.69, 9.17) is 9.26 Å². The maximum absolute atomic E-state index is 12.0. The van der Waals surface area contributed by atoms with Crippen LogP contribution in [0.4, 0.5) is 0 Å². The largest absolute Gasteiger partial charge is 0.458 e. The Morgan fingerprint density at radius 2 is 1.61 bits per heavy atom. The van der Waals surface area contributed by atoms with Crippen molar-refractivity contribution in [2.45, 2.75) is 39.3 Å². The first-order valence-corrected chi connectivity index (χ1v) is 12.9. The van der Waals surface area contributed by atoms with Crippen molar-refractivity contribution in [3.8, 4) is 33.7 Å². The number of esters is 1. The van der Waals surface area contributed by atoms with Crippen molar-refractivity contribution in [1.29, 1.82) is 0 Å². The summed E-state index contributed by atoms with van der Waals surface area (Å²) in [4.78, 5) is 12.0. The second-order valence-electron chi connectivity index (χ2n) is 9.80. The van der Waals surface area contributed by atoms with Crippen LogP contribution >= 0.6 is 0 Å². The van der Waals surface area contributed by atoms with E-state index in [1.54, 1.807) is 0 Å². The molecule has 1 saturated carbocycles. The number of nitrogens with zero attached hydrogens (tertiary/aromatic N) is 4. The van der Waals surface area contributed by atoms with Gasteiger partial charge in [0.1, 0.15) is 11.8 Å². The summed E-state index contributed by atoms with van der Waals surface area (Å²) in [7, 11) is 0. The van der Waals surface area contributed by atoms with Crippen LogP contribution in [0.1, 0.15) is 42.7 Å². The number of hydrogen-bond donors (Lipinski definition) is 0. The Bertz CT molecular complexity index is 1550. The van der Waals surface area contributed by atoms with Gasteiger partial charge in [-0.15, -0.1) is 5.10 Å². The van der Waals surface area contributed by atoms with Gasteiger partial charge in [0.05, 0.1) is 24.4 Å². The maximum Gasteiger partial charge on any atom is 0.309 e. The molecule has 7 heteroatoms. The highest BCUT2D eigenvalue weighted by Crippen LogP contribution is 2.33. The molecule has 3 aromatic carbocycles. The minimum Gasteiger partial charge on any atom is -0.458 e. The van der Waals surface area contributed by atoms with Gasteiger partial charge in [0.15, 0.2) is 5.76 Å². The van der Waals surface area contributed by atoms with Crippen LogP contribution in [-0.2, 0) is 16.1 Å². The minimum atomic E-state index is -0.249. The summed E-state index contributed by atoms with van der Waals surface area (Å²) in [6, 6.07) is 26.4. The molecule has 5 aromatic rings. The zero-order valence-corrected chi connectivity index (χ0v) is 21.4. The molecule has 1 aliphatic rings. The number of ether oxygens (including phenoxy) is 1. The molecule has 0 N–H and O–H groups in total. The van der Waals surface area contributed by atoms with E-state index in [1.165, 1.54) is 0 Å². The molecule has 190 valence electrons. The topological polar surface area (TPSA) is 83.0 Å². The quantitative estimate of drug-likeness (QED) is 0.220. The molecule has 38 heavy (non-hydrogen) atoms. The van der Waals surface area contributed by atoms with Crippen molar-refractivity contribution in [3.05, 3.63) is 102 Å². The molecule has 0 bridgehead atoms. The van der Waals surface area contributed by atoms with E-state index in [1.807, 2.05) is 79.3 Å². The number of rotatable bonds is 8. The third kappa shape index (κ3) is 5.00. The normalized spacial score (nSPS) is 13.8. The van der Waals surface area contributed by atoms with Crippen molar-refractivity contribution in [3.63, 3.8) is 0 Å². The Hall–Kier alpha value is -4.52. The molecular weight excluding hydrogens is 476 g/mol. The summed E-state index contributed by atoms with van der Waals surface area (Å²) in [6.45, 7) is 4.37. The Kier molecular flexibility index (Phi) is 6.33. The van der Waals surface area contributed by atoms with E-state index in [9.17, 15) is 4.79 Å². The predicted octanol–water partition coefficient (Wildman–Crippen LogP) is 6.64. The summed E-state index contributed by atoms with van der Waals surface area (Å²) in [5.41, 5.74) is 7.77. The number of aromatic nitrogens is 4. The molecule has 0 spiro atoms. The molecule has 2 aromatic heterocycles. The number of benzene rings is 3. The molecule has 6 rings (SSSR count). The standard InChI is InChI=1S/C31H28N4O3/c1-20-28(18-35-19-29(32-34-35)25-6-4-3-5-7-25)30(38-33-20)26-14-12-24(13-15-26)23-10-8-22(9-11-23)21(2)37-31(36)27-16-17-27/h3-15,19,21,27H,16-18H2,1-2H3. The van der Waals surface area contributed by atoms with Crippen molar-refractivity contribution in [2.75, 3.05) is 0 Å². The fourth-order valence-corrected chi connectivity index (χ4v) is 4.50. The predicted molar refractivity (Wildman–Crippen MR) is 144 cm³/mol. The van der Waals surface area contributed by atoms with Gasteiger partial charge in [-0.05, 0) is 43.4 Å². The summed E-state index contributed by atoms with van der Waals surface area (Å²) < 4.78 is 13.1. The highest BCUT2D eigenvalue weighted by molar-refractivity contribution is 5.75. The van der Waals surface area contributed by atoms with Gasteiger partial charge in [-0.25, -0.2) is 4.68 Å². The van der Waals surface area contributed by atoms with Crippen LogP contribution in [0, 0.1) is 12.8 Å². The summed E-state index contributed by atoms with van der Waals surface area (Å²) in [6.07, 6.45) is 3.59. The van der Waals surface area contributed by atoms with E-state index in [0.29, 0.717) is 6.54 Å². The first-order chi connectivity index (χ1) is 18.5. The van der Waals surface area contributed by atoms with Crippen LogP contribution < -0.4 is 0 Å². The second kappa shape index (κ2) is 10.1. The van der Waals surface area contributed by atoms with E-state index in [2.05, 4.69) is 39.7 Å². The Balaban J connectivity index is 1.17. The van der Waals surface area contributed by atoms with Crippen LogP contribution in [0.25, 0.3) is 33.7 Å². The number of carbonyl (C=O) groups excluding carboxylic acids is 1. The first-order valence-electron chi connectivity index (χ1n) is 12.9. The first kappa shape index (κ1) is 23.9. The van der Waals surface area contributed by atoms with Crippen LogP contribution in [-0.4, -0.2) is 26.1 Å². The summed E-state index contributed by atoms with van der Waals surface area (Å²) >= 11 is 0. The van der Waals surface area contributed by atoms with Crippen molar-refractivity contribution in [2.24, 2.45) is 5.92 Å². The third-order valence-electron chi connectivity index (χ3n) is 6.98. The molecule has 0 amide bonds. The summed E-state index contributed by atoms with van der Waals surface area (Å²) in [5.74, 6) is 0.749. The zero-order valence-electron chi connectivity index (χ0n) is 21.4. The van der Waals surface area contributed by atoms with Gasteiger partial charge < -0.3 is 9.26 Å². The fraction of sp³-hybridized carbons (Fsp3) is 0.226. The van der Waals surface area contributed by atoms with E-state index < -0.39 is 0 Å². The molecular formula is C31H28N4O3. The van der Waals surface area contributed by atoms with Gasteiger partial charge in [-0.1, -0.05) is 89.2 Å². The lowest BCUT2D eigenvalue weighted by Crippen LogP contribution is -2.10. The van der Waals surface area contributed by atoms with Gasteiger partial charge >= 0.3 is 5.97 Å². The lowest BCUT2D eigenvalue weighted by Gasteiger charge is -2.14. The van der Waals surface area contributed by atoms with Gasteiger partial charge in [0.25, 0.3) is 0 Å². The molecule has 1 fully saturated rings. The lowest BCUT2D eigenvalue weighted by molar-refractivity contribution is -0.150. The number of hydrogen-bond acceptors (Lipinski definition) is 6. The van der Waals surface area contributed by atoms with Crippen LogP contribution in [0.2, 0.25) is 0 Å². The van der Waals surface area contributed by atoms with Gasteiger partial charge in [-0.3, -0.25) is 4.79 Å². The lowest BCUT2D eigenvalue weighted by atomic mass is 9.99. The fourth-order valence-electron chi connectivity index (χ4n) is 4.50. The average Bonchev–Trinajstić information content (AvgIpc) is 3.61. The Labute approximate surface area is 221 Å². The number of aryl methyl sites for hydroxylation is 1. The second-order valence-corrected chi connectivity index (χ2v) is 9.80. The Morgan fingerprint density at radius 3 is 2.29 bits per heavy atom. The smallest absolute Gasteiger partial charge is 0.309 e. The molecule has 7 nitrogen and oxygen atoms in total. The van der Waals surface area contributed by atoms with Gasteiger partial charge in [0, 0.05) is 16.7 Å². The third-order valence-corrected chi connectivity index (χ3v) is 6.98. The zero-order chi connectivity index (χ0) is 26.1. The maximum atomic E-state index is 12.0. The molecule has 0 saturated heterocycles. The molecule has 1 unspecified atom stereocenters. The van der Waals surface area contributed by atoms with Crippen molar-refractivity contribution < 1.29 is 14.1 Å². The highest BCUT2D eigenvalue weighted by atomic mass is 16.5. The van der Waals surface area contributed by atoms with E-state index in [-0.39, 0.29) is 18.0 Å². The van der Waals surface area contributed by atoms with Crippen molar-refractivity contribution in [1.82, 2.24) is 20.2 Å². The van der Waals surface area contributed by atoms with Gasteiger partial charge in [-0.2, -0.15) is 0 Å². The monoisotopic (exact) mass is 504 g/mol. The van der Waals surface area contributed by atoms with E-state index in [0.717, 1.165) is 63.4 Å².